The Bertz CT molecular complexity index is 337. The molecule has 3 saturated carbocycles. The Kier molecular flexibility index (Phi) is 3.34. The van der Waals surface area contributed by atoms with Gasteiger partial charge in [0.05, 0.1) is 6.10 Å². The molecule has 0 radical (unpaired) electrons. The maximum Gasteiger partial charge on any atom is 0.228 e. The molecule has 3 aliphatic carbocycles. The van der Waals surface area contributed by atoms with Gasteiger partial charge >= 0.3 is 0 Å². The Balaban J connectivity index is 1.65. The third kappa shape index (κ3) is 2.29. The quantitative estimate of drug-likeness (QED) is 0.827. The molecule has 0 atom stereocenters. The summed E-state index contributed by atoms with van der Waals surface area (Å²) in [5.74, 6) is 0.406. The lowest BCUT2D eigenvalue weighted by molar-refractivity contribution is -0.151. The molecule has 0 aromatic rings. The molecule has 1 amide bonds. The van der Waals surface area contributed by atoms with Crippen LogP contribution in [0.1, 0.15) is 51.4 Å². The van der Waals surface area contributed by atoms with Gasteiger partial charge in [-0.3, -0.25) is 4.79 Å². The molecule has 1 aliphatic heterocycles. The summed E-state index contributed by atoms with van der Waals surface area (Å²) in [6.45, 7) is 1.74. The Morgan fingerprint density at radius 2 is 1.63 bits per heavy atom. The highest BCUT2D eigenvalue weighted by Crippen LogP contribution is 2.52. The van der Waals surface area contributed by atoms with E-state index < -0.39 is 0 Å². The Morgan fingerprint density at radius 1 is 1.11 bits per heavy atom. The van der Waals surface area contributed by atoms with Gasteiger partial charge in [-0.2, -0.15) is 0 Å². The van der Waals surface area contributed by atoms with Crippen molar-refractivity contribution in [2.24, 2.45) is 11.1 Å². The summed E-state index contributed by atoms with van der Waals surface area (Å²) < 4.78 is 5.38. The van der Waals surface area contributed by atoms with Gasteiger partial charge < -0.3 is 15.4 Å². The number of amides is 1. The average molecular weight is 266 g/mol. The predicted molar refractivity (Wildman–Crippen MR) is 73.7 cm³/mol. The van der Waals surface area contributed by atoms with E-state index in [1.54, 1.807) is 7.11 Å². The van der Waals surface area contributed by atoms with Gasteiger partial charge in [0.2, 0.25) is 5.91 Å². The molecule has 19 heavy (non-hydrogen) atoms. The SMILES string of the molecule is COC1CCN(C(=O)C23CCC(N)(CC2)CC3)CC1. The molecule has 0 unspecified atom stereocenters. The standard InChI is InChI=1S/C15H26N2O2/c1-19-12-2-10-17(11-3-12)13(18)14-4-7-15(16,8-5-14)9-6-14/h12H,2-11,16H2,1H3. The van der Waals surface area contributed by atoms with Crippen molar-refractivity contribution in [3.63, 3.8) is 0 Å². The van der Waals surface area contributed by atoms with Gasteiger partial charge in [-0.15, -0.1) is 0 Å². The largest absolute Gasteiger partial charge is 0.381 e. The van der Waals surface area contributed by atoms with Gasteiger partial charge in [0.15, 0.2) is 0 Å². The van der Waals surface area contributed by atoms with E-state index in [9.17, 15) is 4.79 Å². The van der Waals surface area contributed by atoms with E-state index in [0.717, 1.165) is 64.5 Å². The molecule has 1 heterocycles. The lowest BCUT2D eigenvalue weighted by atomic mass is 9.57. The molecule has 2 N–H and O–H groups in total. The minimum absolute atomic E-state index is 0.0467. The van der Waals surface area contributed by atoms with Crippen molar-refractivity contribution in [2.75, 3.05) is 20.2 Å². The summed E-state index contributed by atoms with van der Waals surface area (Å²) in [5.41, 5.74) is 6.31. The predicted octanol–water partition coefficient (Wildman–Crippen LogP) is 1.68. The van der Waals surface area contributed by atoms with E-state index >= 15 is 0 Å². The van der Waals surface area contributed by atoms with Crippen LogP contribution in [0.15, 0.2) is 0 Å². The molecule has 0 spiro atoms. The summed E-state index contributed by atoms with van der Waals surface area (Å²) in [4.78, 5) is 15.0. The molecule has 108 valence electrons. The average Bonchev–Trinajstić information content (AvgIpc) is 2.48. The van der Waals surface area contributed by atoms with Gasteiger partial charge in [0.25, 0.3) is 0 Å². The molecule has 2 bridgehead atoms. The van der Waals surface area contributed by atoms with Crippen LogP contribution in [0.4, 0.5) is 0 Å². The van der Waals surface area contributed by atoms with Crippen LogP contribution in [0.25, 0.3) is 0 Å². The van der Waals surface area contributed by atoms with Crippen molar-refractivity contribution in [1.82, 2.24) is 4.90 Å². The topological polar surface area (TPSA) is 55.6 Å². The van der Waals surface area contributed by atoms with Crippen molar-refractivity contribution in [3.8, 4) is 0 Å². The first kappa shape index (κ1) is 13.4. The highest BCUT2D eigenvalue weighted by Gasteiger charge is 2.52. The van der Waals surface area contributed by atoms with Crippen molar-refractivity contribution in [1.29, 1.82) is 0 Å². The molecule has 1 saturated heterocycles. The maximum absolute atomic E-state index is 12.9. The highest BCUT2D eigenvalue weighted by molar-refractivity contribution is 5.83. The molecule has 0 aromatic carbocycles. The minimum Gasteiger partial charge on any atom is -0.381 e. The fraction of sp³-hybridized carbons (Fsp3) is 0.933. The number of carbonyl (C=O) groups excluding carboxylic acids is 1. The number of nitrogens with zero attached hydrogens (tertiary/aromatic N) is 1. The van der Waals surface area contributed by atoms with Crippen LogP contribution >= 0.6 is 0 Å². The Morgan fingerprint density at radius 3 is 2.11 bits per heavy atom. The number of methoxy groups -OCH3 is 1. The van der Waals surface area contributed by atoms with Gasteiger partial charge in [0, 0.05) is 31.2 Å². The molecular weight excluding hydrogens is 240 g/mol. The van der Waals surface area contributed by atoms with Crippen LogP contribution in [0.3, 0.4) is 0 Å². The van der Waals surface area contributed by atoms with Crippen LogP contribution in [-0.4, -0.2) is 42.6 Å². The number of rotatable bonds is 2. The van der Waals surface area contributed by atoms with E-state index in [0.29, 0.717) is 12.0 Å². The van der Waals surface area contributed by atoms with Gasteiger partial charge in [0.1, 0.15) is 0 Å². The molecule has 4 rings (SSSR count). The lowest BCUT2D eigenvalue weighted by Gasteiger charge is -2.52. The van der Waals surface area contributed by atoms with Crippen LogP contribution in [-0.2, 0) is 9.53 Å². The van der Waals surface area contributed by atoms with Crippen LogP contribution < -0.4 is 5.73 Å². The third-order valence-corrected chi connectivity index (χ3v) is 5.82. The highest BCUT2D eigenvalue weighted by atomic mass is 16.5. The van der Waals surface area contributed by atoms with E-state index in [-0.39, 0.29) is 11.0 Å². The third-order valence-electron chi connectivity index (χ3n) is 5.82. The number of nitrogens with two attached hydrogens (primary N) is 1. The molecule has 4 heteroatoms. The molecular formula is C15H26N2O2. The van der Waals surface area contributed by atoms with Crippen LogP contribution in [0.2, 0.25) is 0 Å². The normalized spacial score (nSPS) is 39.6. The maximum atomic E-state index is 12.9. The molecule has 4 aliphatic rings. The Labute approximate surface area is 115 Å². The monoisotopic (exact) mass is 266 g/mol. The number of piperidine rings is 1. The molecule has 0 aromatic heterocycles. The van der Waals surface area contributed by atoms with Crippen LogP contribution in [0.5, 0.6) is 0 Å². The van der Waals surface area contributed by atoms with Crippen molar-refractivity contribution in [2.45, 2.75) is 63.0 Å². The van der Waals surface area contributed by atoms with Crippen molar-refractivity contribution >= 4 is 5.91 Å². The number of hydrogen-bond acceptors (Lipinski definition) is 3. The van der Waals surface area contributed by atoms with E-state index in [2.05, 4.69) is 4.90 Å². The van der Waals surface area contributed by atoms with E-state index in [4.69, 9.17) is 10.5 Å². The first-order valence-electron chi connectivity index (χ1n) is 7.68. The summed E-state index contributed by atoms with van der Waals surface area (Å²) in [6, 6.07) is 0. The molecule has 4 nitrogen and oxygen atoms in total. The summed E-state index contributed by atoms with van der Waals surface area (Å²) in [7, 11) is 1.77. The van der Waals surface area contributed by atoms with E-state index in [1.165, 1.54) is 0 Å². The second-order valence-electron chi connectivity index (χ2n) is 6.87. The number of ether oxygens (including phenoxy) is 1. The van der Waals surface area contributed by atoms with Gasteiger partial charge in [-0.05, 0) is 51.4 Å². The fourth-order valence-electron chi connectivity index (χ4n) is 4.17. The number of likely N-dealkylation sites (tertiary alicyclic amines) is 1. The number of fused-ring (bicyclic) bond motifs is 3. The first-order valence-corrected chi connectivity index (χ1v) is 7.68. The lowest BCUT2D eigenvalue weighted by Crippen LogP contribution is -2.58. The Hall–Kier alpha value is -0.610. The minimum atomic E-state index is -0.0684. The fourth-order valence-corrected chi connectivity index (χ4v) is 4.17. The zero-order valence-electron chi connectivity index (χ0n) is 12.0. The zero-order chi connectivity index (χ0) is 13.5. The van der Waals surface area contributed by atoms with Crippen LogP contribution in [0, 0.1) is 5.41 Å². The number of hydrogen-bond donors (Lipinski definition) is 1. The first-order chi connectivity index (χ1) is 9.07. The summed E-state index contributed by atoms with van der Waals surface area (Å²) >= 11 is 0. The van der Waals surface area contributed by atoms with Crippen molar-refractivity contribution in [3.05, 3.63) is 0 Å². The summed E-state index contributed by atoms with van der Waals surface area (Å²) in [5, 5.41) is 0. The summed E-state index contributed by atoms with van der Waals surface area (Å²) in [6.07, 6.45) is 8.44. The molecule has 4 fully saturated rings. The van der Waals surface area contributed by atoms with Gasteiger partial charge in [-0.1, -0.05) is 0 Å². The van der Waals surface area contributed by atoms with Gasteiger partial charge in [-0.25, -0.2) is 0 Å². The van der Waals surface area contributed by atoms with Crippen molar-refractivity contribution < 1.29 is 9.53 Å². The second-order valence-corrected chi connectivity index (χ2v) is 6.87. The van der Waals surface area contributed by atoms with E-state index in [1.807, 2.05) is 0 Å². The zero-order valence-corrected chi connectivity index (χ0v) is 12.0. The second kappa shape index (κ2) is 4.74. The number of carbonyl (C=O) groups is 1. The smallest absolute Gasteiger partial charge is 0.228 e.